The van der Waals surface area contributed by atoms with Gasteiger partial charge in [0.1, 0.15) is 0 Å². The molecule has 1 aromatic heterocycles. The van der Waals surface area contributed by atoms with E-state index in [-0.39, 0.29) is 0 Å². The summed E-state index contributed by atoms with van der Waals surface area (Å²) in [6.07, 6.45) is 5.23. The number of rotatable bonds is 4. The third kappa shape index (κ3) is 4.05. The van der Waals surface area contributed by atoms with Crippen LogP contribution in [0.25, 0.3) is 0 Å². The lowest BCUT2D eigenvalue weighted by molar-refractivity contribution is 0.0371. The molecule has 1 aliphatic heterocycles. The molecule has 1 aliphatic rings. The Morgan fingerprint density at radius 3 is 3.00 bits per heavy atom. The Morgan fingerprint density at radius 2 is 2.41 bits per heavy atom. The van der Waals surface area contributed by atoms with Gasteiger partial charge in [-0.3, -0.25) is 0 Å². The number of aryl methyl sites for hydroxylation is 1. The first-order valence-electron chi connectivity index (χ1n) is 6.42. The van der Waals surface area contributed by atoms with Gasteiger partial charge in [-0.15, -0.1) is 11.3 Å². The number of hydrogen-bond acceptors (Lipinski definition) is 4. The zero-order chi connectivity index (χ0) is 12.3. The summed E-state index contributed by atoms with van der Waals surface area (Å²) in [4.78, 5) is 4.43. The Balaban J connectivity index is 1.88. The lowest BCUT2D eigenvalue weighted by Crippen LogP contribution is -2.41. The van der Waals surface area contributed by atoms with E-state index >= 15 is 0 Å². The summed E-state index contributed by atoms with van der Waals surface area (Å²) in [5, 5.41) is 17.0. The molecule has 0 aliphatic carbocycles. The summed E-state index contributed by atoms with van der Waals surface area (Å²) in [6, 6.07) is 0.472. The van der Waals surface area contributed by atoms with E-state index < -0.39 is 5.60 Å². The van der Waals surface area contributed by atoms with Crippen molar-refractivity contribution in [2.75, 3.05) is 6.54 Å². The second-order valence-electron chi connectivity index (χ2n) is 5.41. The van der Waals surface area contributed by atoms with E-state index in [0.717, 1.165) is 23.7 Å². The van der Waals surface area contributed by atoms with E-state index in [9.17, 15) is 5.11 Å². The van der Waals surface area contributed by atoms with E-state index in [1.54, 1.807) is 11.3 Å². The van der Waals surface area contributed by atoms with E-state index in [0.29, 0.717) is 12.5 Å². The van der Waals surface area contributed by atoms with E-state index in [2.05, 4.69) is 10.3 Å². The monoisotopic (exact) mass is 254 g/mol. The topological polar surface area (TPSA) is 45.1 Å². The van der Waals surface area contributed by atoms with Gasteiger partial charge >= 0.3 is 0 Å². The van der Waals surface area contributed by atoms with Crippen molar-refractivity contribution >= 4 is 11.3 Å². The van der Waals surface area contributed by atoms with Crippen molar-refractivity contribution < 1.29 is 5.11 Å². The van der Waals surface area contributed by atoms with Gasteiger partial charge in [0.2, 0.25) is 0 Å². The number of hydrogen-bond donors (Lipinski definition) is 2. The summed E-state index contributed by atoms with van der Waals surface area (Å²) in [7, 11) is 0. The Morgan fingerprint density at radius 1 is 1.59 bits per heavy atom. The quantitative estimate of drug-likeness (QED) is 0.866. The zero-order valence-electron chi connectivity index (χ0n) is 10.7. The van der Waals surface area contributed by atoms with E-state index in [1.807, 2.05) is 19.2 Å². The van der Waals surface area contributed by atoms with Gasteiger partial charge < -0.3 is 10.4 Å². The predicted molar refractivity (Wildman–Crippen MR) is 71.4 cm³/mol. The summed E-state index contributed by atoms with van der Waals surface area (Å²) in [5.74, 6) is 0. The lowest BCUT2D eigenvalue weighted by atomic mass is 9.89. The molecule has 1 aromatic rings. The fourth-order valence-corrected chi connectivity index (χ4v) is 3.46. The number of thiazole rings is 1. The smallest absolute Gasteiger partial charge is 0.0956 e. The van der Waals surface area contributed by atoms with Crippen molar-refractivity contribution in [1.82, 2.24) is 10.3 Å². The molecule has 1 saturated heterocycles. The summed E-state index contributed by atoms with van der Waals surface area (Å²) < 4.78 is 0. The number of aliphatic hydroxyl groups is 1. The van der Waals surface area contributed by atoms with Crippen LogP contribution in [0.1, 0.15) is 43.3 Å². The highest BCUT2D eigenvalue weighted by atomic mass is 32.1. The SMILES string of the molecule is Cc1csc(CC(C)(O)CC2CCCCN2)n1. The van der Waals surface area contributed by atoms with Gasteiger partial charge in [-0.25, -0.2) is 4.98 Å². The minimum absolute atomic E-state index is 0.472. The summed E-state index contributed by atoms with van der Waals surface area (Å²) in [5.41, 5.74) is 0.413. The Kier molecular flexibility index (Phi) is 4.17. The summed E-state index contributed by atoms with van der Waals surface area (Å²) in [6.45, 7) is 5.02. The van der Waals surface area contributed by atoms with Crippen molar-refractivity contribution in [2.45, 2.75) is 57.6 Å². The zero-order valence-corrected chi connectivity index (χ0v) is 11.5. The maximum atomic E-state index is 10.5. The molecule has 2 N–H and O–H groups in total. The Hall–Kier alpha value is -0.450. The van der Waals surface area contributed by atoms with Crippen LogP contribution in [0.4, 0.5) is 0 Å². The first kappa shape index (κ1) is 13.0. The molecule has 0 spiro atoms. The highest BCUT2D eigenvalue weighted by Crippen LogP contribution is 2.24. The highest BCUT2D eigenvalue weighted by molar-refractivity contribution is 7.09. The van der Waals surface area contributed by atoms with Crippen molar-refractivity contribution in [1.29, 1.82) is 0 Å². The minimum Gasteiger partial charge on any atom is -0.390 e. The predicted octanol–water partition coefficient (Wildman–Crippen LogP) is 2.28. The second-order valence-corrected chi connectivity index (χ2v) is 6.35. The maximum absolute atomic E-state index is 10.5. The van der Waals surface area contributed by atoms with Gasteiger partial charge in [-0.2, -0.15) is 0 Å². The lowest BCUT2D eigenvalue weighted by Gasteiger charge is -2.31. The molecule has 2 rings (SSSR count). The van der Waals surface area contributed by atoms with Gasteiger partial charge in [0.25, 0.3) is 0 Å². The fourth-order valence-electron chi connectivity index (χ4n) is 2.51. The Labute approximate surface area is 107 Å². The molecule has 0 bridgehead atoms. The van der Waals surface area contributed by atoms with Crippen LogP contribution < -0.4 is 5.32 Å². The molecule has 2 atom stereocenters. The number of piperidine rings is 1. The first-order valence-corrected chi connectivity index (χ1v) is 7.30. The molecule has 0 radical (unpaired) electrons. The molecular weight excluding hydrogens is 232 g/mol. The third-order valence-corrected chi connectivity index (χ3v) is 4.26. The van der Waals surface area contributed by atoms with Crippen LogP contribution in [-0.2, 0) is 6.42 Å². The van der Waals surface area contributed by atoms with Crippen LogP contribution in [0.15, 0.2) is 5.38 Å². The van der Waals surface area contributed by atoms with Gasteiger partial charge in [0, 0.05) is 23.5 Å². The molecule has 0 saturated carbocycles. The molecule has 3 nitrogen and oxygen atoms in total. The minimum atomic E-state index is -0.640. The van der Waals surface area contributed by atoms with Crippen molar-refractivity contribution in [3.63, 3.8) is 0 Å². The molecule has 1 fully saturated rings. The van der Waals surface area contributed by atoms with Gasteiger partial charge in [-0.1, -0.05) is 6.42 Å². The second kappa shape index (κ2) is 5.46. The summed E-state index contributed by atoms with van der Waals surface area (Å²) >= 11 is 1.65. The standard InChI is InChI=1S/C13H22N2OS/c1-10-9-17-12(15-10)8-13(2,16)7-11-5-3-4-6-14-11/h9,11,14,16H,3-8H2,1-2H3. The highest BCUT2D eigenvalue weighted by Gasteiger charge is 2.27. The van der Waals surface area contributed by atoms with Crippen LogP contribution >= 0.6 is 11.3 Å². The molecular formula is C13H22N2OS. The molecule has 4 heteroatoms. The van der Waals surface area contributed by atoms with Gasteiger partial charge in [0.05, 0.1) is 10.6 Å². The maximum Gasteiger partial charge on any atom is 0.0956 e. The van der Waals surface area contributed by atoms with Crippen LogP contribution in [0.5, 0.6) is 0 Å². The van der Waals surface area contributed by atoms with E-state index in [4.69, 9.17) is 0 Å². The molecule has 2 unspecified atom stereocenters. The third-order valence-electron chi connectivity index (χ3n) is 3.30. The van der Waals surface area contributed by atoms with Crippen molar-refractivity contribution in [3.05, 3.63) is 16.1 Å². The normalized spacial score (nSPS) is 24.5. The molecule has 2 heterocycles. The average Bonchev–Trinajstić information content (AvgIpc) is 2.63. The molecule has 17 heavy (non-hydrogen) atoms. The fraction of sp³-hybridized carbons (Fsp3) is 0.769. The molecule has 96 valence electrons. The van der Waals surface area contributed by atoms with Gasteiger partial charge in [-0.05, 0) is 39.7 Å². The van der Waals surface area contributed by atoms with Crippen LogP contribution in [0, 0.1) is 6.92 Å². The molecule has 0 aromatic carbocycles. The first-order chi connectivity index (χ1) is 8.05. The number of nitrogens with one attached hydrogen (secondary N) is 1. The number of nitrogens with zero attached hydrogens (tertiary/aromatic N) is 1. The van der Waals surface area contributed by atoms with Gasteiger partial charge in [0.15, 0.2) is 0 Å². The van der Waals surface area contributed by atoms with Crippen molar-refractivity contribution in [2.24, 2.45) is 0 Å². The molecule has 0 amide bonds. The number of aromatic nitrogens is 1. The largest absolute Gasteiger partial charge is 0.390 e. The van der Waals surface area contributed by atoms with Crippen LogP contribution in [0.2, 0.25) is 0 Å². The average molecular weight is 254 g/mol. The van der Waals surface area contributed by atoms with Crippen LogP contribution in [0.3, 0.4) is 0 Å². The van der Waals surface area contributed by atoms with Crippen molar-refractivity contribution in [3.8, 4) is 0 Å². The Bertz CT molecular complexity index is 356. The van der Waals surface area contributed by atoms with Crippen LogP contribution in [-0.4, -0.2) is 28.3 Å². The van der Waals surface area contributed by atoms with E-state index in [1.165, 1.54) is 19.3 Å².